The first-order chi connectivity index (χ1) is 11.6. The van der Waals surface area contributed by atoms with E-state index >= 15 is 0 Å². The van der Waals surface area contributed by atoms with Crippen LogP contribution in [0.15, 0.2) is 42.5 Å². The zero-order valence-corrected chi connectivity index (χ0v) is 13.7. The number of benzene rings is 2. The van der Waals surface area contributed by atoms with Crippen molar-refractivity contribution in [3.8, 4) is 17.2 Å². The number of ketones is 1. The first-order valence-electron chi connectivity index (χ1n) is 7.16. The fourth-order valence-corrected chi connectivity index (χ4v) is 2.13. The normalized spacial score (nSPS) is 9.96. The van der Waals surface area contributed by atoms with Crippen molar-refractivity contribution in [2.75, 3.05) is 27.9 Å². The zero-order chi connectivity index (χ0) is 17.5. The first-order valence-corrected chi connectivity index (χ1v) is 7.16. The standard InChI is InChI=1S/C18H18O6/c1-21-12-8-9-14(17(10-12)23-3)18(20)24-11-15(19)13-6-4-5-7-16(13)22-2/h4-10H,11H2,1-3H3. The average Bonchev–Trinajstić information content (AvgIpc) is 2.65. The lowest BCUT2D eigenvalue weighted by molar-refractivity contribution is 0.0470. The Morgan fingerprint density at radius 3 is 2.21 bits per heavy atom. The van der Waals surface area contributed by atoms with E-state index < -0.39 is 12.6 Å². The Bertz CT molecular complexity index is 738. The molecule has 0 saturated carbocycles. The minimum absolute atomic E-state index is 0.214. The van der Waals surface area contributed by atoms with Gasteiger partial charge in [0, 0.05) is 6.07 Å². The molecule has 0 aromatic heterocycles. The molecule has 2 rings (SSSR count). The smallest absolute Gasteiger partial charge is 0.342 e. The van der Waals surface area contributed by atoms with Gasteiger partial charge in [0.2, 0.25) is 5.78 Å². The van der Waals surface area contributed by atoms with Crippen LogP contribution in [0.3, 0.4) is 0 Å². The van der Waals surface area contributed by atoms with Gasteiger partial charge in [0.25, 0.3) is 0 Å². The van der Waals surface area contributed by atoms with Crippen molar-refractivity contribution in [1.82, 2.24) is 0 Å². The van der Waals surface area contributed by atoms with Crippen molar-refractivity contribution in [2.45, 2.75) is 0 Å². The van der Waals surface area contributed by atoms with E-state index in [0.717, 1.165) is 0 Å². The Morgan fingerprint density at radius 2 is 1.54 bits per heavy atom. The van der Waals surface area contributed by atoms with E-state index in [0.29, 0.717) is 22.8 Å². The Kier molecular flexibility index (Phi) is 5.78. The first kappa shape index (κ1) is 17.3. The maximum Gasteiger partial charge on any atom is 0.342 e. The number of esters is 1. The molecule has 0 fully saturated rings. The van der Waals surface area contributed by atoms with E-state index in [4.69, 9.17) is 18.9 Å². The maximum absolute atomic E-state index is 12.2. The van der Waals surface area contributed by atoms with Gasteiger partial charge in [-0.1, -0.05) is 12.1 Å². The fraction of sp³-hybridized carbons (Fsp3) is 0.222. The number of methoxy groups -OCH3 is 3. The number of carbonyl (C=O) groups is 2. The molecule has 2 aromatic carbocycles. The van der Waals surface area contributed by atoms with Gasteiger partial charge in [-0.3, -0.25) is 4.79 Å². The molecule has 126 valence electrons. The van der Waals surface area contributed by atoms with E-state index in [1.165, 1.54) is 27.4 Å². The van der Waals surface area contributed by atoms with E-state index in [2.05, 4.69) is 0 Å². The summed E-state index contributed by atoms with van der Waals surface area (Å²) in [6.45, 7) is -0.394. The minimum Gasteiger partial charge on any atom is -0.497 e. The van der Waals surface area contributed by atoms with Crippen molar-refractivity contribution in [3.05, 3.63) is 53.6 Å². The van der Waals surface area contributed by atoms with Crippen LogP contribution in [-0.2, 0) is 4.74 Å². The van der Waals surface area contributed by atoms with Crippen LogP contribution >= 0.6 is 0 Å². The lowest BCUT2D eigenvalue weighted by Gasteiger charge is -2.11. The summed E-state index contributed by atoms with van der Waals surface area (Å²) < 4.78 is 20.4. The van der Waals surface area contributed by atoms with Crippen molar-refractivity contribution < 1.29 is 28.5 Å². The zero-order valence-electron chi connectivity index (χ0n) is 13.7. The highest BCUT2D eigenvalue weighted by molar-refractivity contribution is 6.01. The molecular formula is C18H18O6. The van der Waals surface area contributed by atoms with Crippen LogP contribution in [0, 0.1) is 0 Å². The third-order valence-corrected chi connectivity index (χ3v) is 3.37. The highest BCUT2D eigenvalue weighted by Crippen LogP contribution is 2.25. The van der Waals surface area contributed by atoms with Crippen LogP contribution in [0.1, 0.15) is 20.7 Å². The molecule has 0 amide bonds. The summed E-state index contributed by atoms with van der Waals surface area (Å²) in [6, 6.07) is 11.5. The minimum atomic E-state index is -0.655. The molecule has 0 bridgehead atoms. The van der Waals surface area contributed by atoms with Crippen LogP contribution < -0.4 is 14.2 Å². The Labute approximate surface area is 139 Å². The molecule has 6 heteroatoms. The maximum atomic E-state index is 12.2. The molecular weight excluding hydrogens is 312 g/mol. The Morgan fingerprint density at radius 1 is 0.833 bits per heavy atom. The van der Waals surface area contributed by atoms with Gasteiger partial charge < -0.3 is 18.9 Å². The molecule has 0 aliphatic rings. The van der Waals surface area contributed by atoms with Gasteiger partial charge in [-0.05, 0) is 24.3 Å². The van der Waals surface area contributed by atoms with E-state index in [-0.39, 0.29) is 11.3 Å². The molecule has 0 aliphatic heterocycles. The molecule has 0 spiro atoms. The average molecular weight is 330 g/mol. The predicted octanol–water partition coefficient (Wildman–Crippen LogP) is 2.75. The van der Waals surface area contributed by atoms with Gasteiger partial charge in [-0.25, -0.2) is 4.79 Å². The molecule has 24 heavy (non-hydrogen) atoms. The van der Waals surface area contributed by atoms with Crippen molar-refractivity contribution in [3.63, 3.8) is 0 Å². The number of hydrogen-bond acceptors (Lipinski definition) is 6. The summed E-state index contributed by atoms with van der Waals surface area (Å²) in [7, 11) is 4.42. The molecule has 6 nitrogen and oxygen atoms in total. The van der Waals surface area contributed by atoms with Gasteiger partial charge in [-0.2, -0.15) is 0 Å². The highest BCUT2D eigenvalue weighted by Gasteiger charge is 2.18. The van der Waals surface area contributed by atoms with Crippen LogP contribution in [0.2, 0.25) is 0 Å². The molecule has 0 N–H and O–H groups in total. The molecule has 0 saturated heterocycles. The van der Waals surface area contributed by atoms with Gasteiger partial charge in [-0.15, -0.1) is 0 Å². The number of para-hydroxylation sites is 1. The Hall–Kier alpha value is -3.02. The summed E-state index contributed by atoms with van der Waals surface area (Å²) in [4.78, 5) is 24.4. The second-order valence-corrected chi connectivity index (χ2v) is 4.77. The summed E-state index contributed by atoms with van der Waals surface area (Å²) in [5.41, 5.74) is 0.570. The lowest BCUT2D eigenvalue weighted by Crippen LogP contribution is -2.15. The molecule has 0 heterocycles. The van der Waals surface area contributed by atoms with Gasteiger partial charge in [0.15, 0.2) is 6.61 Å². The van der Waals surface area contributed by atoms with E-state index in [1.54, 1.807) is 36.4 Å². The number of rotatable bonds is 7. The largest absolute Gasteiger partial charge is 0.497 e. The number of Topliss-reactive ketones (excluding diaryl/α,β-unsaturated/α-hetero) is 1. The van der Waals surface area contributed by atoms with E-state index in [1.807, 2.05) is 0 Å². The van der Waals surface area contributed by atoms with E-state index in [9.17, 15) is 9.59 Å². The molecule has 0 atom stereocenters. The molecule has 0 radical (unpaired) electrons. The fourth-order valence-electron chi connectivity index (χ4n) is 2.13. The number of ether oxygens (including phenoxy) is 4. The Balaban J connectivity index is 2.09. The summed E-state index contributed by atoms with van der Waals surface area (Å²) in [5, 5.41) is 0. The molecule has 2 aromatic rings. The van der Waals surface area contributed by atoms with Gasteiger partial charge in [0.05, 0.1) is 26.9 Å². The second-order valence-electron chi connectivity index (χ2n) is 4.77. The number of hydrogen-bond donors (Lipinski definition) is 0. The van der Waals surface area contributed by atoms with Crippen LogP contribution in [-0.4, -0.2) is 39.7 Å². The third kappa shape index (κ3) is 3.84. The summed E-state index contributed by atoms with van der Waals surface area (Å²) >= 11 is 0. The second kappa shape index (κ2) is 8.01. The van der Waals surface area contributed by atoms with Gasteiger partial charge >= 0.3 is 5.97 Å². The van der Waals surface area contributed by atoms with Crippen molar-refractivity contribution in [2.24, 2.45) is 0 Å². The van der Waals surface area contributed by atoms with Crippen LogP contribution in [0.4, 0.5) is 0 Å². The lowest BCUT2D eigenvalue weighted by atomic mass is 10.1. The van der Waals surface area contributed by atoms with Crippen LogP contribution in [0.5, 0.6) is 17.2 Å². The molecule has 0 unspecified atom stereocenters. The quantitative estimate of drug-likeness (QED) is 0.574. The van der Waals surface area contributed by atoms with Crippen LogP contribution in [0.25, 0.3) is 0 Å². The number of carbonyl (C=O) groups excluding carboxylic acids is 2. The van der Waals surface area contributed by atoms with Gasteiger partial charge in [0.1, 0.15) is 22.8 Å². The van der Waals surface area contributed by atoms with Crippen molar-refractivity contribution >= 4 is 11.8 Å². The monoisotopic (exact) mass is 330 g/mol. The SMILES string of the molecule is COc1ccc(C(=O)OCC(=O)c2ccccc2OC)c(OC)c1. The summed E-state index contributed by atoms with van der Waals surface area (Å²) in [5.74, 6) is 0.282. The topological polar surface area (TPSA) is 71.1 Å². The summed E-state index contributed by atoms with van der Waals surface area (Å²) in [6.07, 6.45) is 0. The third-order valence-electron chi connectivity index (χ3n) is 3.37. The highest BCUT2D eigenvalue weighted by atomic mass is 16.5. The molecule has 0 aliphatic carbocycles. The van der Waals surface area contributed by atoms with Crippen molar-refractivity contribution in [1.29, 1.82) is 0 Å². The predicted molar refractivity (Wildman–Crippen MR) is 87.2 cm³/mol.